The highest BCUT2D eigenvalue weighted by Gasteiger charge is 2.08. The molecule has 0 atom stereocenters. The number of furan rings is 1. The fourth-order valence-electron chi connectivity index (χ4n) is 2.19. The van der Waals surface area contributed by atoms with Crippen molar-refractivity contribution < 1.29 is 4.42 Å². The molecule has 3 N–H and O–H groups in total. The molecule has 3 heterocycles. The summed E-state index contributed by atoms with van der Waals surface area (Å²) in [7, 11) is 1.76. The molecule has 0 spiro atoms. The Morgan fingerprint density at radius 1 is 1.36 bits per heavy atom. The lowest BCUT2D eigenvalue weighted by Gasteiger charge is -2.10. The van der Waals surface area contributed by atoms with Crippen LogP contribution in [-0.4, -0.2) is 34.7 Å². The van der Waals surface area contributed by atoms with E-state index in [1.54, 1.807) is 24.6 Å². The zero-order valence-electron chi connectivity index (χ0n) is 14.1. The van der Waals surface area contributed by atoms with E-state index < -0.39 is 0 Å². The molecule has 7 nitrogen and oxygen atoms in total. The molecule has 0 aromatic carbocycles. The summed E-state index contributed by atoms with van der Waals surface area (Å²) in [5.41, 5.74) is 1.30. The van der Waals surface area contributed by atoms with Gasteiger partial charge >= 0.3 is 0 Å². The van der Waals surface area contributed by atoms with Crippen molar-refractivity contribution in [2.24, 2.45) is 4.99 Å². The summed E-state index contributed by atoms with van der Waals surface area (Å²) >= 11 is 1.75. The molecule has 134 valence electrons. The second-order valence-electron chi connectivity index (χ2n) is 5.21. The Morgan fingerprint density at radius 2 is 2.24 bits per heavy atom. The third-order valence-corrected chi connectivity index (χ3v) is 4.56. The third-order valence-electron chi connectivity index (χ3n) is 3.54. The molecule has 0 bridgehead atoms. The van der Waals surface area contributed by atoms with E-state index in [9.17, 15) is 0 Å². The van der Waals surface area contributed by atoms with E-state index in [0.717, 1.165) is 18.3 Å². The molecule has 0 saturated heterocycles. The van der Waals surface area contributed by atoms with Gasteiger partial charge in [-0.3, -0.25) is 10.1 Å². The molecular formula is C16H21IN6OS. The van der Waals surface area contributed by atoms with Gasteiger partial charge in [-0.2, -0.15) is 5.10 Å². The molecule has 9 heteroatoms. The van der Waals surface area contributed by atoms with E-state index >= 15 is 0 Å². The maximum atomic E-state index is 5.28. The van der Waals surface area contributed by atoms with E-state index in [-0.39, 0.29) is 24.0 Å². The number of guanidine groups is 1. The molecule has 25 heavy (non-hydrogen) atoms. The van der Waals surface area contributed by atoms with Gasteiger partial charge < -0.3 is 15.1 Å². The van der Waals surface area contributed by atoms with E-state index in [4.69, 9.17) is 4.42 Å². The van der Waals surface area contributed by atoms with Gasteiger partial charge in [0.2, 0.25) is 5.82 Å². The van der Waals surface area contributed by atoms with Crippen LogP contribution < -0.4 is 10.6 Å². The van der Waals surface area contributed by atoms with Crippen LogP contribution in [-0.2, 0) is 13.0 Å². The number of thiophene rings is 1. The minimum absolute atomic E-state index is 0. The number of hydrogen-bond donors (Lipinski definition) is 3. The molecule has 3 aromatic heterocycles. The molecule has 0 aliphatic heterocycles. The smallest absolute Gasteiger partial charge is 0.216 e. The van der Waals surface area contributed by atoms with Crippen LogP contribution in [0, 0.1) is 6.92 Å². The molecule has 0 fully saturated rings. The van der Waals surface area contributed by atoms with E-state index in [1.807, 2.05) is 12.1 Å². The normalized spacial score (nSPS) is 11.2. The summed E-state index contributed by atoms with van der Waals surface area (Å²) in [4.78, 5) is 9.96. The maximum absolute atomic E-state index is 5.28. The van der Waals surface area contributed by atoms with Crippen LogP contribution in [0.4, 0.5) is 0 Å². The fraction of sp³-hybridized carbons (Fsp3) is 0.312. The first kappa shape index (κ1) is 19.4. The number of rotatable bonds is 6. The average Bonchev–Trinajstić information content (AvgIpc) is 3.32. The lowest BCUT2D eigenvalue weighted by Crippen LogP contribution is -2.37. The number of aromatic amines is 1. The van der Waals surface area contributed by atoms with Crippen molar-refractivity contribution in [2.75, 3.05) is 13.6 Å². The van der Waals surface area contributed by atoms with Crippen molar-refractivity contribution >= 4 is 41.3 Å². The number of halogens is 1. The lowest BCUT2D eigenvalue weighted by molar-refractivity contribution is 0.577. The first-order valence-corrected chi connectivity index (χ1v) is 8.57. The predicted octanol–water partition coefficient (Wildman–Crippen LogP) is 2.96. The molecule has 0 unspecified atom stereocenters. The van der Waals surface area contributed by atoms with Crippen molar-refractivity contribution in [2.45, 2.75) is 19.9 Å². The molecule has 0 radical (unpaired) electrons. The summed E-state index contributed by atoms with van der Waals surface area (Å²) in [5, 5.41) is 15.8. The summed E-state index contributed by atoms with van der Waals surface area (Å²) in [5.74, 6) is 2.81. The Hall–Kier alpha value is -1.88. The number of aryl methyl sites for hydroxylation is 1. The number of aromatic nitrogens is 3. The molecular weight excluding hydrogens is 451 g/mol. The van der Waals surface area contributed by atoms with Crippen LogP contribution >= 0.6 is 35.3 Å². The molecule has 0 aliphatic rings. The van der Waals surface area contributed by atoms with Crippen LogP contribution in [0.25, 0.3) is 11.6 Å². The number of H-pyrrole nitrogens is 1. The average molecular weight is 472 g/mol. The van der Waals surface area contributed by atoms with Gasteiger partial charge in [0.15, 0.2) is 11.7 Å². The van der Waals surface area contributed by atoms with Gasteiger partial charge in [-0.1, -0.05) is 0 Å². The quantitative estimate of drug-likeness (QED) is 0.292. The number of nitrogens with one attached hydrogen (secondary N) is 3. The Balaban J connectivity index is 0.00000225. The second kappa shape index (κ2) is 9.56. The first-order valence-electron chi connectivity index (χ1n) is 7.69. The van der Waals surface area contributed by atoms with Gasteiger partial charge in [0.1, 0.15) is 5.82 Å². The fourth-order valence-corrected chi connectivity index (χ4v) is 3.04. The number of aliphatic imine (C=N–C) groups is 1. The molecule has 3 aromatic rings. The Bertz CT molecular complexity index is 795. The molecule has 3 rings (SSSR count). The topological polar surface area (TPSA) is 91.1 Å². The van der Waals surface area contributed by atoms with Gasteiger partial charge in [0, 0.05) is 24.9 Å². The first-order chi connectivity index (χ1) is 11.8. The zero-order chi connectivity index (χ0) is 16.8. The van der Waals surface area contributed by atoms with Crippen LogP contribution in [0.2, 0.25) is 0 Å². The van der Waals surface area contributed by atoms with Crippen molar-refractivity contribution in [3.05, 3.63) is 46.1 Å². The highest BCUT2D eigenvalue weighted by atomic mass is 127. The monoisotopic (exact) mass is 472 g/mol. The minimum Gasteiger partial charge on any atom is -0.461 e. The molecule has 0 aliphatic carbocycles. The minimum atomic E-state index is 0. The number of nitrogens with zero attached hydrogens (tertiary/aromatic N) is 3. The largest absolute Gasteiger partial charge is 0.461 e. The summed E-state index contributed by atoms with van der Waals surface area (Å²) < 4.78 is 5.28. The molecule has 0 amide bonds. The summed E-state index contributed by atoms with van der Waals surface area (Å²) in [6, 6.07) is 5.78. The Kier molecular flexibility index (Phi) is 7.44. The predicted molar refractivity (Wildman–Crippen MR) is 110 cm³/mol. The number of hydrogen-bond acceptors (Lipinski definition) is 5. The van der Waals surface area contributed by atoms with Crippen LogP contribution in [0.3, 0.4) is 0 Å². The van der Waals surface area contributed by atoms with Gasteiger partial charge in [-0.05, 0) is 36.1 Å². The van der Waals surface area contributed by atoms with Gasteiger partial charge in [0.25, 0.3) is 0 Å². The van der Waals surface area contributed by atoms with Crippen molar-refractivity contribution in [1.29, 1.82) is 0 Å². The second-order valence-corrected chi connectivity index (χ2v) is 6.21. The summed E-state index contributed by atoms with van der Waals surface area (Å²) in [6.07, 6.45) is 2.32. The zero-order valence-corrected chi connectivity index (χ0v) is 17.2. The van der Waals surface area contributed by atoms with Crippen molar-refractivity contribution in [1.82, 2.24) is 25.8 Å². The van der Waals surface area contributed by atoms with Gasteiger partial charge in [-0.15, -0.1) is 35.3 Å². The van der Waals surface area contributed by atoms with Crippen molar-refractivity contribution in [3.8, 4) is 11.6 Å². The van der Waals surface area contributed by atoms with Crippen LogP contribution in [0.15, 0.2) is 39.3 Å². The highest BCUT2D eigenvalue weighted by Crippen LogP contribution is 2.15. The Morgan fingerprint density at radius 3 is 2.92 bits per heavy atom. The van der Waals surface area contributed by atoms with E-state index in [0.29, 0.717) is 24.6 Å². The van der Waals surface area contributed by atoms with E-state index in [2.05, 4.69) is 49.2 Å². The third kappa shape index (κ3) is 5.30. The summed E-state index contributed by atoms with van der Waals surface area (Å²) in [6.45, 7) is 3.59. The lowest BCUT2D eigenvalue weighted by atomic mass is 10.3. The Labute approximate surface area is 167 Å². The highest BCUT2D eigenvalue weighted by molar-refractivity contribution is 14.0. The van der Waals surface area contributed by atoms with E-state index in [1.165, 1.54) is 10.4 Å². The van der Waals surface area contributed by atoms with Gasteiger partial charge in [0.05, 0.1) is 12.8 Å². The standard InChI is InChI=1S/C16H20N6OS.HI/c1-11-6-9-24-13(11)10-19-16(17-2)18-7-5-14-20-15(22-21-14)12-4-3-8-23-12;/h3-4,6,8-9H,5,7,10H2,1-2H3,(H2,17,18,19)(H,20,21,22);1H. The molecule has 0 saturated carbocycles. The van der Waals surface area contributed by atoms with Crippen molar-refractivity contribution in [3.63, 3.8) is 0 Å². The van der Waals surface area contributed by atoms with Crippen LogP contribution in [0.5, 0.6) is 0 Å². The van der Waals surface area contributed by atoms with Crippen LogP contribution in [0.1, 0.15) is 16.3 Å². The SMILES string of the molecule is CN=C(NCCc1nc(-c2ccco2)n[nH]1)NCc1sccc1C.I. The maximum Gasteiger partial charge on any atom is 0.216 e. The van der Waals surface area contributed by atoms with Gasteiger partial charge in [-0.25, -0.2) is 4.98 Å².